The number of aromatic nitrogens is 1. The molecule has 0 saturated carbocycles. The van der Waals surface area contributed by atoms with Gasteiger partial charge < -0.3 is 5.32 Å². The molecule has 0 bridgehead atoms. The Bertz CT molecular complexity index is 400. The number of thiazole rings is 1. The lowest BCUT2D eigenvalue weighted by molar-refractivity contribution is 0.249. The summed E-state index contributed by atoms with van der Waals surface area (Å²) < 4.78 is 0. The van der Waals surface area contributed by atoms with Crippen LogP contribution in [0, 0.1) is 12.8 Å². The Morgan fingerprint density at radius 2 is 1.95 bits per heavy atom. The first-order valence-corrected chi connectivity index (χ1v) is 9.06. The molecule has 1 N–H and O–H groups in total. The van der Waals surface area contributed by atoms with Gasteiger partial charge in [0.2, 0.25) is 0 Å². The monoisotopic (exact) mass is 296 g/mol. The first-order chi connectivity index (χ1) is 9.52. The molecule has 3 heteroatoms. The van der Waals surface area contributed by atoms with E-state index in [1.165, 1.54) is 34.8 Å². The van der Waals surface area contributed by atoms with Crippen molar-refractivity contribution >= 4 is 11.3 Å². The Balaban J connectivity index is 3.11. The van der Waals surface area contributed by atoms with Crippen LogP contribution in [-0.2, 0) is 12.0 Å². The molecule has 1 aromatic rings. The molecule has 0 radical (unpaired) electrons. The fraction of sp³-hybridized carbons (Fsp3) is 0.824. The molecule has 0 aromatic carbocycles. The highest BCUT2D eigenvalue weighted by Crippen LogP contribution is 2.36. The average Bonchev–Trinajstić information content (AvgIpc) is 2.84. The van der Waals surface area contributed by atoms with Crippen LogP contribution in [0.3, 0.4) is 0 Å². The first kappa shape index (κ1) is 17.6. The SMILES string of the molecule is CCCNC(CC)(CC(C)CC)c1nc(CC)c(C)s1. The van der Waals surface area contributed by atoms with E-state index >= 15 is 0 Å². The number of nitrogens with one attached hydrogen (secondary N) is 1. The Morgan fingerprint density at radius 1 is 1.25 bits per heavy atom. The Kier molecular flexibility index (Phi) is 7.18. The number of hydrogen-bond acceptors (Lipinski definition) is 3. The van der Waals surface area contributed by atoms with Gasteiger partial charge in [-0.3, -0.25) is 0 Å². The van der Waals surface area contributed by atoms with E-state index in [1.807, 2.05) is 11.3 Å². The minimum atomic E-state index is 0.0777. The summed E-state index contributed by atoms with van der Waals surface area (Å²) in [4.78, 5) is 6.36. The van der Waals surface area contributed by atoms with E-state index in [0.29, 0.717) is 0 Å². The van der Waals surface area contributed by atoms with E-state index < -0.39 is 0 Å². The molecule has 0 aliphatic heterocycles. The van der Waals surface area contributed by atoms with Gasteiger partial charge >= 0.3 is 0 Å². The second kappa shape index (κ2) is 8.14. The van der Waals surface area contributed by atoms with Gasteiger partial charge in [0.15, 0.2) is 0 Å². The zero-order valence-electron chi connectivity index (χ0n) is 14.2. The number of nitrogens with zero attached hydrogens (tertiary/aromatic N) is 1. The van der Waals surface area contributed by atoms with Gasteiger partial charge in [0.1, 0.15) is 5.01 Å². The average molecular weight is 297 g/mol. The zero-order chi connectivity index (χ0) is 15.2. The molecule has 0 aliphatic rings. The summed E-state index contributed by atoms with van der Waals surface area (Å²) in [5, 5.41) is 5.14. The van der Waals surface area contributed by atoms with Crippen LogP contribution in [0.1, 0.15) is 75.9 Å². The molecule has 0 saturated heterocycles. The third-order valence-corrected chi connectivity index (χ3v) is 5.56. The summed E-state index contributed by atoms with van der Waals surface area (Å²) in [5.74, 6) is 0.730. The van der Waals surface area contributed by atoms with E-state index in [-0.39, 0.29) is 5.54 Å². The minimum Gasteiger partial charge on any atom is -0.305 e. The molecule has 20 heavy (non-hydrogen) atoms. The van der Waals surface area contributed by atoms with Crippen LogP contribution < -0.4 is 5.32 Å². The summed E-state index contributed by atoms with van der Waals surface area (Å²) in [5.41, 5.74) is 1.36. The van der Waals surface area contributed by atoms with Crippen LogP contribution >= 0.6 is 11.3 Å². The smallest absolute Gasteiger partial charge is 0.113 e. The molecular weight excluding hydrogens is 264 g/mol. The summed E-state index contributed by atoms with van der Waals surface area (Å²) in [6, 6.07) is 0. The summed E-state index contributed by atoms with van der Waals surface area (Å²) in [7, 11) is 0. The van der Waals surface area contributed by atoms with Crippen molar-refractivity contribution < 1.29 is 0 Å². The van der Waals surface area contributed by atoms with Crippen molar-refractivity contribution in [2.45, 2.75) is 79.2 Å². The van der Waals surface area contributed by atoms with Crippen molar-refractivity contribution in [1.29, 1.82) is 0 Å². The Hall–Kier alpha value is -0.410. The largest absolute Gasteiger partial charge is 0.305 e. The van der Waals surface area contributed by atoms with Gasteiger partial charge in [0.05, 0.1) is 11.2 Å². The molecule has 116 valence electrons. The summed E-state index contributed by atoms with van der Waals surface area (Å²) in [6.07, 6.45) is 5.76. The molecule has 0 amide bonds. The van der Waals surface area contributed by atoms with Crippen molar-refractivity contribution in [2.24, 2.45) is 5.92 Å². The maximum Gasteiger partial charge on any atom is 0.113 e. The predicted molar refractivity (Wildman–Crippen MR) is 90.6 cm³/mol. The highest BCUT2D eigenvalue weighted by atomic mass is 32.1. The van der Waals surface area contributed by atoms with E-state index in [2.05, 4.69) is 46.9 Å². The van der Waals surface area contributed by atoms with Gasteiger partial charge in [0, 0.05) is 4.88 Å². The number of aryl methyl sites for hydroxylation is 2. The van der Waals surface area contributed by atoms with Crippen LogP contribution in [0.5, 0.6) is 0 Å². The second-order valence-corrected chi connectivity index (χ2v) is 7.16. The lowest BCUT2D eigenvalue weighted by atomic mass is 9.85. The fourth-order valence-electron chi connectivity index (χ4n) is 2.72. The molecule has 2 nitrogen and oxygen atoms in total. The molecule has 2 atom stereocenters. The van der Waals surface area contributed by atoms with Crippen LogP contribution in [0.25, 0.3) is 0 Å². The van der Waals surface area contributed by atoms with E-state index in [1.54, 1.807) is 0 Å². The normalized spacial score (nSPS) is 16.1. The van der Waals surface area contributed by atoms with Crippen LogP contribution in [-0.4, -0.2) is 11.5 Å². The zero-order valence-corrected chi connectivity index (χ0v) is 15.0. The summed E-state index contributed by atoms with van der Waals surface area (Å²) in [6.45, 7) is 14.7. The molecule has 0 fully saturated rings. The van der Waals surface area contributed by atoms with Crippen molar-refractivity contribution in [2.75, 3.05) is 6.54 Å². The van der Waals surface area contributed by atoms with Gasteiger partial charge in [-0.25, -0.2) is 4.98 Å². The second-order valence-electron chi connectivity index (χ2n) is 5.96. The molecule has 1 aromatic heterocycles. The number of hydrogen-bond donors (Lipinski definition) is 1. The highest BCUT2D eigenvalue weighted by Gasteiger charge is 2.34. The molecule has 1 rings (SSSR count). The Morgan fingerprint density at radius 3 is 2.40 bits per heavy atom. The van der Waals surface area contributed by atoms with Crippen LogP contribution in [0.2, 0.25) is 0 Å². The molecule has 1 heterocycles. The van der Waals surface area contributed by atoms with Crippen LogP contribution in [0.15, 0.2) is 0 Å². The number of rotatable bonds is 9. The van der Waals surface area contributed by atoms with Crippen LogP contribution in [0.4, 0.5) is 0 Å². The van der Waals surface area contributed by atoms with Gasteiger partial charge in [-0.2, -0.15) is 0 Å². The summed E-state index contributed by atoms with van der Waals surface area (Å²) >= 11 is 1.90. The first-order valence-electron chi connectivity index (χ1n) is 8.24. The van der Waals surface area contributed by atoms with Crippen molar-refractivity contribution in [3.63, 3.8) is 0 Å². The topological polar surface area (TPSA) is 24.9 Å². The highest BCUT2D eigenvalue weighted by molar-refractivity contribution is 7.11. The van der Waals surface area contributed by atoms with E-state index in [9.17, 15) is 0 Å². The predicted octanol–water partition coefficient (Wildman–Crippen LogP) is 5.06. The molecule has 0 aliphatic carbocycles. The van der Waals surface area contributed by atoms with E-state index in [0.717, 1.165) is 25.3 Å². The van der Waals surface area contributed by atoms with Gasteiger partial charge in [-0.15, -0.1) is 11.3 Å². The van der Waals surface area contributed by atoms with E-state index in [4.69, 9.17) is 4.98 Å². The fourth-order valence-corrected chi connectivity index (χ4v) is 3.97. The van der Waals surface area contributed by atoms with Crippen molar-refractivity contribution in [1.82, 2.24) is 10.3 Å². The standard InChI is InChI=1S/C17H32N2S/c1-7-11-18-17(10-4,12-13(5)8-2)16-19-15(9-3)14(6)20-16/h13,18H,7-12H2,1-6H3. The maximum absolute atomic E-state index is 4.97. The quantitative estimate of drug-likeness (QED) is 0.689. The third-order valence-electron chi connectivity index (χ3n) is 4.35. The minimum absolute atomic E-state index is 0.0777. The van der Waals surface area contributed by atoms with Gasteiger partial charge in [-0.05, 0) is 45.1 Å². The Labute approximate surface area is 129 Å². The lowest BCUT2D eigenvalue weighted by Gasteiger charge is -2.34. The van der Waals surface area contributed by atoms with Crippen molar-refractivity contribution in [3.8, 4) is 0 Å². The molecule has 2 unspecified atom stereocenters. The van der Waals surface area contributed by atoms with Gasteiger partial charge in [-0.1, -0.05) is 41.0 Å². The van der Waals surface area contributed by atoms with Crippen molar-refractivity contribution in [3.05, 3.63) is 15.6 Å². The molecular formula is C17H32N2S. The third kappa shape index (κ3) is 4.05. The van der Waals surface area contributed by atoms with Gasteiger partial charge in [0.25, 0.3) is 0 Å². The lowest BCUT2D eigenvalue weighted by Crippen LogP contribution is -2.43. The molecule has 0 spiro atoms. The maximum atomic E-state index is 4.97.